The zero-order chi connectivity index (χ0) is 8.39. The first-order valence-electron chi connectivity index (χ1n) is 3.73. The quantitative estimate of drug-likeness (QED) is 0.662. The van der Waals surface area contributed by atoms with Crippen LogP contribution in [0.25, 0.3) is 0 Å². The average Bonchev–Trinajstić information content (AvgIpc) is 2.65. The van der Waals surface area contributed by atoms with Gasteiger partial charge in [-0.25, -0.2) is 4.98 Å². The smallest absolute Gasteiger partial charge is 0.202 e. The van der Waals surface area contributed by atoms with E-state index >= 15 is 0 Å². The summed E-state index contributed by atoms with van der Waals surface area (Å²) in [4.78, 5) is 4.00. The lowest BCUT2D eigenvalue weighted by Crippen LogP contribution is -2.38. The number of hydrogen-bond donors (Lipinski definition) is 2. The molecule has 1 aromatic rings. The van der Waals surface area contributed by atoms with Gasteiger partial charge in [0.05, 0.1) is 25.3 Å². The van der Waals surface area contributed by atoms with Gasteiger partial charge in [0.2, 0.25) is 5.13 Å². The van der Waals surface area contributed by atoms with Crippen LogP contribution >= 0.6 is 11.5 Å². The monoisotopic (exact) mass is 186 g/mol. The van der Waals surface area contributed by atoms with Crippen molar-refractivity contribution in [1.82, 2.24) is 9.36 Å². The molecule has 3 N–H and O–H groups in total. The van der Waals surface area contributed by atoms with E-state index in [-0.39, 0.29) is 12.1 Å². The lowest BCUT2D eigenvalue weighted by atomic mass is 10.2. The van der Waals surface area contributed by atoms with E-state index in [4.69, 9.17) is 10.5 Å². The molecule has 0 bridgehead atoms. The Labute approximate surface area is 74.1 Å². The van der Waals surface area contributed by atoms with Crippen LogP contribution in [0.1, 0.15) is 0 Å². The van der Waals surface area contributed by atoms with Crippen molar-refractivity contribution in [2.24, 2.45) is 5.73 Å². The Hall–Kier alpha value is -0.720. The van der Waals surface area contributed by atoms with Gasteiger partial charge < -0.3 is 15.8 Å². The first-order chi connectivity index (χ1) is 5.86. The summed E-state index contributed by atoms with van der Waals surface area (Å²) in [5.74, 6) is 0. The summed E-state index contributed by atoms with van der Waals surface area (Å²) in [6.07, 6.45) is 1.52. The zero-order valence-electron chi connectivity index (χ0n) is 6.43. The second kappa shape index (κ2) is 3.34. The van der Waals surface area contributed by atoms with E-state index in [0.717, 1.165) is 5.13 Å². The number of nitrogens with zero attached hydrogens (tertiary/aromatic N) is 2. The molecule has 1 fully saturated rings. The van der Waals surface area contributed by atoms with Gasteiger partial charge in [-0.2, -0.15) is 4.37 Å². The van der Waals surface area contributed by atoms with Crippen LogP contribution in [-0.4, -0.2) is 34.7 Å². The number of nitrogens with two attached hydrogens (primary N) is 1. The fourth-order valence-electron chi connectivity index (χ4n) is 1.11. The highest BCUT2D eigenvalue weighted by Gasteiger charge is 2.25. The summed E-state index contributed by atoms with van der Waals surface area (Å²) in [7, 11) is 0. The minimum Gasteiger partial charge on any atom is -0.378 e. The molecular formula is C6H10N4OS. The van der Waals surface area contributed by atoms with Gasteiger partial charge in [-0.05, 0) is 0 Å². The molecule has 2 heterocycles. The lowest BCUT2D eigenvalue weighted by Gasteiger charge is -2.13. The Balaban J connectivity index is 1.95. The van der Waals surface area contributed by atoms with Crippen LogP contribution in [0.4, 0.5) is 5.13 Å². The molecule has 1 aliphatic heterocycles. The van der Waals surface area contributed by atoms with Crippen LogP contribution in [0.2, 0.25) is 0 Å². The number of ether oxygens (including phenoxy) is 1. The molecule has 2 atom stereocenters. The van der Waals surface area contributed by atoms with Gasteiger partial charge in [-0.15, -0.1) is 0 Å². The van der Waals surface area contributed by atoms with Gasteiger partial charge in [0, 0.05) is 11.5 Å². The lowest BCUT2D eigenvalue weighted by molar-refractivity contribution is 0.192. The molecule has 0 aromatic carbocycles. The first kappa shape index (κ1) is 7.90. The molecule has 6 heteroatoms. The molecule has 1 aliphatic rings. The maximum Gasteiger partial charge on any atom is 0.202 e. The Morgan fingerprint density at radius 3 is 3.17 bits per heavy atom. The molecule has 66 valence electrons. The maximum absolute atomic E-state index is 5.76. The Bertz CT molecular complexity index is 240. The number of nitrogens with one attached hydrogen (secondary N) is 1. The van der Waals surface area contributed by atoms with Crippen molar-refractivity contribution in [2.75, 3.05) is 18.5 Å². The number of hydrogen-bond acceptors (Lipinski definition) is 6. The van der Waals surface area contributed by atoms with Crippen molar-refractivity contribution < 1.29 is 4.74 Å². The summed E-state index contributed by atoms with van der Waals surface area (Å²) >= 11 is 1.33. The molecule has 0 saturated carbocycles. The minimum atomic E-state index is 0.0638. The highest BCUT2D eigenvalue weighted by atomic mass is 32.1. The topological polar surface area (TPSA) is 73.1 Å². The van der Waals surface area contributed by atoms with E-state index in [2.05, 4.69) is 14.7 Å². The molecule has 2 rings (SSSR count). The minimum absolute atomic E-state index is 0.0638. The molecule has 0 spiro atoms. The van der Waals surface area contributed by atoms with Crippen LogP contribution in [0.15, 0.2) is 6.33 Å². The molecule has 12 heavy (non-hydrogen) atoms. The molecule has 1 aromatic heterocycles. The van der Waals surface area contributed by atoms with E-state index in [9.17, 15) is 0 Å². The second-order valence-corrected chi connectivity index (χ2v) is 3.48. The van der Waals surface area contributed by atoms with Crippen LogP contribution < -0.4 is 11.1 Å². The summed E-state index contributed by atoms with van der Waals surface area (Å²) < 4.78 is 9.06. The van der Waals surface area contributed by atoms with Gasteiger partial charge in [-0.3, -0.25) is 0 Å². The Morgan fingerprint density at radius 1 is 1.67 bits per heavy atom. The maximum atomic E-state index is 5.76. The highest BCUT2D eigenvalue weighted by molar-refractivity contribution is 7.09. The largest absolute Gasteiger partial charge is 0.378 e. The summed E-state index contributed by atoms with van der Waals surface area (Å²) in [5, 5.41) is 3.97. The van der Waals surface area contributed by atoms with Crippen molar-refractivity contribution in [2.45, 2.75) is 12.1 Å². The zero-order valence-corrected chi connectivity index (χ0v) is 7.25. The second-order valence-electron chi connectivity index (χ2n) is 2.70. The van der Waals surface area contributed by atoms with Crippen molar-refractivity contribution in [3.05, 3.63) is 6.33 Å². The average molecular weight is 186 g/mol. The Kier molecular flexibility index (Phi) is 2.20. The number of rotatable bonds is 2. The van der Waals surface area contributed by atoms with Crippen LogP contribution in [0, 0.1) is 0 Å². The fraction of sp³-hybridized carbons (Fsp3) is 0.667. The van der Waals surface area contributed by atoms with Gasteiger partial charge in [0.1, 0.15) is 6.33 Å². The molecule has 1 saturated heterocycles. The van der Waals surface area contributed by atoms with Crippen molar-refractivity contribution >= 4 is 16.7 Å². The van der Waals surface area contributed by atoms with Gasteiger partial charge in [-0.1, -0.05) is 0 Å². The van der Waals surface area contributed by atoms with E-state index in [1.165, 1.54) is 17.9 Å². The van der Waals surface area contributed by atoms with Gasteiger partial charge >= 0.3 is 0 Å². The third-order valence-electron chi connectivity index (χ3n) is 1.79. The molecule has 0 aliphatic carbocycles. The van der Waals surface area contributed by atoms with Crippen LogP contribution in [-0.2, 0) is 4.74 Å². The highest BCUT2D eigenvalue weighted by Crippen LogP contribution is 2.13. The first-order valence-corrected chi connectivity index (χ1v) is 4.50. The van der Waals surface area contributed by atoms with Crippen LogP contribution in [0.5, 0.6) is 0 Å². The molecule has 5 nitrogen and oxygen atoms in total. The summed E-state index contributed by atoms with van der Waals surface area (Å²) in [6.45, 7) is 1.28. The predicted octanol–water partition coefficient (Wildman–Crippen LogP) is -0.324. The van der Waals surface area contributed by atoms with E-state index in [1.54, 1.807) is 0 Å². The SMILES string of the molecule is NC1COCC1Nc1ncns1. The van der Waals surface area contributed by atoms with Gasteiger partial charge in [0.15, 0.2) is 0 Å². The summed E-state index contributed by atoms with van der Waals surface area (Å²) in [5.41, 5.74) is 5.76. The molecule has 2 unspecified atom stereocenters. The Morgan fingerprint density at radius 2 is 2.58 bits per heavy atom. The van der Waals surface area contributed by atoms with Crippen molar-refractivity contribution in [3.63, 3.8) is 0 Å². The number of aromatic nitrogens is 2. The normalized spacial score (nSPS) is 29.1. The standard InChI is InChI=1S/C6H10N4OS/c7-4-1-11-2-5(4)10-6-8-3-9-12-6/h3-5H,1-2,7H2,(H,8,9,10). The summed E-state index contributed by atoms with van der Waals surface area (Å²) in [6, 6.07) is 0.242. The van der Waals surface area contributed by atoms with E-state index in [1.807, 2.05) is 0 Å². The predicted molar refractivity (Wildman–Crippen MR) is 46.1 cm³/mol. The van der Waals surface area contributed by atoms with Crippen molar-refractivity contribution in [1.29, 1.82) is 0 Å². The molecule has 0 radical (unpaired) electrons. The number of anilines is 1. The molecule has 0 amide bonds. The van der Waals surface area contributed by atoms with Crippen LogP contribution in [0.3, 0.4) is 0 Å². The fourth-order valence-corrected chi connectivity index (χ4v) is 1.61. The van der Waals surface area contributed by atoms with E-state index < -0.39 is 0 Å². The molecular weight excluding hydrogens is 176 g/mol. The third-order valence-corrected chi connectivity index (χ3v) is 2.39. The van der Waals surface area contributed by atoms with Gasteiger partial charge in [0.25, 0.3) is 0 Å². The van der Waals surface area contributed by atoms with Crippen molar-refractivity contribution in [3.8, 4) is 0 Å². The third kappa shape index (κ3) is 1.55. The van der Waals surface area contributed by atoms with E-state index in [0.29, 0.717) is 13.2 Å².